The van der Waals surface area contributed by atoms with Crippen LogP contribution in [0.2, 0.25) is 0 Å². The molecule has 2 aromatic rings. The largest absolute Gasteiger partial charge is 0.573 e. The minimum Gasteiger partial charge on any atom is -0.496 e. The van der Waals surface area contributed by atoms with Gasteiger partial charge in [0.05, 0.1) is 12.7 Å². The monoisotopic (exact) mass is 414 g/mol. The van der Waals surface area contributed by atoms with Gasteiger partial charge in [0.15, 0.2) is 5.82 Å². The zero-order valence-electron chi connectivity index (χ0n) is 17.3. The van der Waals surface area contributed by atoms with E-state index in [-0.39, 0.29) is 17.5 Å². The van der Waals surface area contributed by atoms with E-state index in [1.807, 2.05) is 6.92 Å². The van der Waals surface area contributed by atoms with E-state index in [2.05, 4.69) is 28.9 Å². The Morgan fingerprint density at radius 1 is 1.14 bits per heavy atom. The second kappa shape index (κ2) is 9.67. The fourth-order valence-corrected chi connectivity index (χ4v) is 3.08. The van der Waals surface area contributed by atoms with Gasteiger partial charge in [-0.1, -0.05) is 20.8 Å². The highest BCUT2D eigenvalue weighted by atomic mass is 19.4. The molecule has 0 saturated carbocycles. The number of alkyl halides is 3. The summed E-state index contributed by atoms with van der Waals surface area (Å²) in [5, 5.41) is 3.43. The van der Waals surface area contributed by atoms with Crippen molar-refractivity contribution in [1.82, 2.24) is 4.98 Å². The minimum absolute atomic E-state index is 0.210. The lowest BCUT2D eigenvalue weighted by Gasteiger charge is -2.17. The highest BCUT2D eigenvalue weighted by molar-refractivity contribution is 5.66. The number of nitrogens with one attached hydrogen (secondary N) is 1. The molecular formula is C20H27F3N3O3+. The van der Waals surface area contributed by atoms with Crippen LogP contribution in [-0.2, 0) is 6.42 Å². The molecule has 0 amide bonds. The summed E-state index contributed by atoms with van der Waals surface area (Å²) in [4.78, 5) is 10.1. The van der Waals surface area contributed by atoms with Gasteiger partial charge in [-0.3, -0.25) is 4.84 Å². The predicted molar refractivity (Wildman–Crippen MR) is 103 cm³/mol. The fourth-order valence-electron chi connectivity index (χ4n) is 3.08. The smallest absolute Gasteiger partial charge is 0.496 e. The van der Waals surface area contributed by atoms with Crippen LogP contribution in [0.15, 0.2) is 24.4 Å². The molecule has 0 spiro atoms. The quantitative estimate of drug-likeness (QED) is 0.625. The van der Waals surface area contributed by atoms with Crippen LogP contribution >= 0.6 is 0 Å². The Hall–Kier alpha value is -2.71. The number of nitrogens with zero attached hydrogens (tertiary/aromatic N) is 2. The van der Waals surface area contributed by atoms with E-state index in [0.29, 0.717) is 23.5 Å². The highest BCUT2D eigenvalue weighted by Crippen LogP contribution is 2.34. The molecule has 1 heterocycles. The maximum Gasteiger partial charge on any atom is 0.573 e. The third-order valence-electron chi connectivity index (χ3n) is 4.58. The second-order valence-electron chi connectivity index (χ2n) is 6.34. The van der Waals surface area contributed by atoms with Gasteiger partial charge < -0.3 is 14.8 Å². The van der Waals surface area contributed by atoms with Crippen molar-refractivity contribution in [2.45, 2.75) is 52.4 Å². The van der Waals surface area contributed by atoms with Gasteiger partial charge in [0.1, 0.15) is 24.8 Å². The molecule has 9 heteroatoms. The van der Waals surface area contributed by atoms with Crippen molar-refractivity contribution in [2.75, 3.05) is 19.5 Å². The number of halogens is 3. The first-order chi connectivity index (χ1) is 13.8. The zero-order valence-corrected chi connectivity index (χ0v) is 17.3. The second-order valence-corrected chi connectivity index (χ2v) is 6.34. The van der Waals surface area contributed by atoms with Crippen LogP contribution in [0.1, 0.15) is 39.3 Å². The van der Waals surface area contributed by atoms with Gasteiger partial charge in [-0.25, -0.2) is 4.98 Å². The first-order valence-corrected chi connectivity index (χ1v) is 9.46. The van der Waals surface area contributed by atoms with Crippen LogP contribution in [-0.4, -0.2) is 31.6 Å². The van der Waals surface area contributed by atoms with E-state index in [4.69, 9.17) is 9.57 Å². The van der Waals surface area contributed by atoms with Crippen molar-refractivity contribution >= 4 is 5.82 Å². The molecule has 0 aliphatic carbocycles. The first kappa shape index (κ1) is 22.6. The average Bonchev–Trinajstić information content (AvgIpc) is 2.70. The number of methoxy groups -OCH3 is 1. The maximum atomic E-state index is 12.5. The van der Waals surface area contributed by atoms with E-state index >= 15 is 0 Å². The van der Waals surface area contributed by atoms with Crippen LogP contribution < -0.4 is 24.4 Å². The first-order valence-electron chi connectivity index (χ1n) is 9.46. The van der Waals surface area contributed by atoms with Gasteiger partial charge in [-0.05, 0) is 25.0 Å². The highest BCUT2D eigenvalue weighted by Gasteiger charge is 2.32. The Bertz CT molecular complexity index is 825. The van der Waals surface area contributed by atoms with E-state index in [9.17, 15) is 13.2 Å². The summed E-state index contributed by atoms with van der Waals surface area (Å²) in [5.41, 5.74) is 1.89. The topological polar surface area (TPSA) is 56.5 Å². The molecule has 0 unspecified atom stereocenters. The molecule has 2 rings (SSSR count). The van der Waals surface area contributed by atoms with Crippen molar-refractivity contribution in [3.8, 4) is 22.8 Å². The lowest BCUT2D eigenvalue weighted by molar-refractivity contribution is -0.881. The third kappa shape index (κ3) is 5.42. The Balaban J connectivity index is 2.54. The molecule has 6 nitrogen and oxygen atoms in total. The lowest BCUT2D eigenvalue weighted by atomic mass is 10.1. The molecule has 0 aliphatic rings. The fraction of sp³-hybridized carbons (Fsp3) is 0.500. The molecule has 0 aliphatic heterocycles. The van der Waals surface area contributed by atoms with Gasteiger partial charge in [0, 0.05) is 23.3 Å². The summed E-state index contributed by atoms with van der Waals surface area (Å²) in [7, 11) is 2.90. The molecule has 0 bridgehead atoms. The van der Waals surface area contributed by atoms with Crippen LogP contribution in [0.25, 0.3) is 11.3 Å². The number of aromatic nitrogens is 2. The van der Waals surface area contributed by atoms with Crippen LogP contribution in [0.5, 0.6) is 11.5 Å². The normalized spacial score (nSPS) is 11.5. The summed E-state index contributed by atoms with van der Waals surface area (Å²) in [5.74, 6) is 0.558. The van der Waals surface area contributed by atoms with Gasteiger partial charge in [0.25, 0.3) is 11.4 Å². The molecule has 1 N–H and O–H groups in total. The van der Waals surface area contributed by atoms with Crippen molar-refractivity contribution in [1.29, 1.82) is 0 Å². The van der Waals surface area contributed by atoms with E-state index in [1.165, 1.54) is 32.4 Å². The molecule has 0 radical (unpaired) electrons. The lowest BCUT2D eigenvalue weighted by Crippen LogP contribution is -2.47. The number of anilines is 1. The standard InChI is InChI=1S/C20H27F3N3O3/c1-6-13(7-2)25-19-16(8-3)26(28-5)17(12-24-19)15-10-9-14(11-18(15)27-4)29-20(21,22)23/h9-13H,6-8H2,1-5H3,(H,24,25)/q+1. The molecule has 0 atom stereocenters. The van der Waals surface area contributed by atoms with Gasteiger partial charge in [-0.15, -0.1) is 13.2 Å². The van der Waals surface area contributed by atoms with Crippen LogP contribution in [0, 0.1) is 0 Å². The number of hydrogen-bond acceptors (Lipinski definition) is 5. The average molecular weight is 414 g/mol. The molecule has 1 aromatic heterocycles. The van der Waals surface area contributed by atoms with E-state index < -0.39 is 6.36 Å². The van der Waals surface area contributed by atoms with Crippen molar-refractivity contribution in [2.24, 2.45) is 0 Å². The SMILES string of the molecule is CCc1c(NC(CC)CC)ncc(-c2ccc(OC(F)(F)F)cc2OC)[n+]1OC. The molecule has 0 saturated heterocycles. The summed E-state index contributed by atoms with van der Waals surface area (Å²) >= 11 is 0. The van der Waals surface area contributed by atoms with E-state index in [0.717, 1.165) is 18.5 Å². The van der Waals surface area contributed by atoms with Gasteiger partial charge >= 0.3 is 6.36 Å². The Morgan fingerprint density at radius 3 is 2.34 bits per heavy atom. The number of benzene rings is 1. The summed E-state index contributed by atoms with van der Waals surface area (Å²) in [6.07, 6.45) is -0.641. The van der Waals surface area contributed by atoms with E-state index in [1.54, 1.807) is 10.9 Å². The number of ether oxygens (including phenoxy) is 2. The van der Waals surface area contributed by atoms with Crippen molar-refractivity contribution in [3.63, 3.8) is 0 Å². The zero-order chi connectivity index (χ0) is 21.6. The molecule has 1 aromatic carbocycles. The Morgan fingerprint density at radius 2 is 1.83 bits per heavy atom. The number of hydrogen-bond donors (Lipinski definition) is 1. The molecule has 29 heavy (non-hydrogen) atoms. The molecule has 0 fully saturated rings. The van der Waals surface area contributed by atoms with Crippen LogP contribution in [0.3, 0.4) is 0 Å². The van der Waals surface area contributed by atoms with Crippen LogP contribution in [0.4, 0.5) is 19.0 Å². The molecular weight excluding hydrogens is 387 g/mol. The summed E-state index contributed by atoms with van der Waals surface area (Å²) < 4.78 is 48.5. The van der Waals surface area contributed by atoms with Gasteiger partial charge in [-0.2, -0.15) is 0 Å². The molecule has 160 valence electrons. The minimum atomic E-state index is -4.78. The summed E-state index contributed by atoms with van der Waals surface area (Å²) in [6.45, 7) is 6.17. The predicted octanol–water partition coefficient (Wildman–Crippen LogP) is 4.16. The number of rotatable bonds is 9. The summed E-state index contributed by atoms with van der Waals surface area (Å²) in [6, 6.07) is 4.18. The third-order valence-corrected chi connectivity index (χ3v) is 4.58. The van der Waals surface area contributed by atoms with Crippen molar-refractivity contribution < 1.29 is 32.2 Å². The van der Waals surface area contributed by atoms with Gasteiger partial charge in [0.2, 0.25) is 0 Å². The maximum absolute atomic E-state index is 12.5. The Labute approximate surface area is 168 Å². The van der Waals surface area contributed by atoms with Crippen molar-refractivity contribution in [3.05, 3.63) is 30.1 Å². The Kier molecular flexibility index (Phi) is 7.53.